The van der Waals surface area contributed by atoms with E-state index in [-0.39, 0.29) is 11.1 Å². The molecule has 0 radical (unpaired) electrons. The summed E-state index contributed by atoms with van der Waals surface area (Å²) in [5, 5.41) is 39.1. The van der Waals surface area contributed by atoms with Gasteiger partial charge in [-0.2, -0.15) is 9.36 Å². The molecule has 0 aliphatic carbocycles. The fourth-order valence-corrected chi connectivity index (χ4v) is 6.13. The van der Waals surface area contributed by atoms with Gasteiger partial charge in [-0.05, 0) is 48.5 Å². The molecular weight excluding hydrogens is 584 g/mol. The molecule has 6 rings (SSSR count). The minimum absolute atomic E-state index is 0.195. The monoisotopic (exact) mass is 598 g/mol. The maximum absolute atomic E-state index is 13.3. The summed E-state index contributed by atoms with van der Waals surface area (Å²) >= 11 is 0. The standard InChI is InChI=1S/C26H14N8O6S2/c35-25(31-23-7-3-1-5-19(23)27-29-31)17-13-15(9-11-21(17)33(37)38)41-42-16-10-12-22(34(39)40)18(14-16)26(36)32-24-8-4-2-6-20(24)28-30-32/h1-14H. The van der Waals surface area contributed by atoms with Crippen LogP contribution in [0.25, 0.3) is 22.1 Å². The molecule has 16 heteroatoms. The third kappa shape index (κ3) is 4.84. The summed E-state index contributed by atoms with van der Waals surface area (Å²) in [5.41, 5.74) is 0.501. The lowest BCUT2D eigenvalue weighted by Gasteiger charge is -2.08. The molecule has 6 aromatic rings. The number of nitrogens with zero attached hydrogens (tertiary/aromatic N) is 8. The lowest BCUT2D eigenvalue weighted by Crippen LogP contribution is -2.15. The van der Waals surface area contributed by atoms with E-state index in [4.69, 9.17) is 0 Å². The van der Waals surface area contributed by atoms with Crippen LogP contribution in [0.5, 0.6) is 0 Å². The molecule has 0 aliphatic heterocycles. The third-order valence-corrected chi connectivity index (χ3v) is 8.49. The molecule has 0 unspecified atom stereocenters. The van der Waals surface area contributed by atoms with Gasteiger partial charge in [0, 0.05) is 21.9 Å². The maximum atomic E-state index is 13.3. The number of hydrogen-bond donors (Lipinski definition) is 0. The summed E-state index contributed by atoms with van der Waals surface area (Å²) in [7, 11) is 2.28. The highest BCUT2D eigenvalue weighted by atomic mass is 33.1. The molecule has 4 aromatic carbocycles. The van der Waals surface area contributed by atoms with Crippen molar-refractivity contribution in [1.82, 2.24) is 30.0 Å². The molecule has 0 saturated heterocycles. The maximum Gasteiger partial charge on any atom is 0.287 e. The molecule has 14 nitrogen and oxygen atoms in total. The van der Waals surface area contributed by atoms with Crippen molar-refractivity contribution in [3.05, 3.63) is 116 Å². The highest BCUT2D eigenvalue weighted by Crippen LogP contribution is 2.40. The molecule has 206 valence electrons. The number of rotatable bonds is 7. The fourth-order valence-electron chi connectivity index (χ4n) is 4.16. The Bertz CT molecular complexity index is 1930. The van der Waals surface area contributed by atoms with Gasteiger partial charge in [-0.3, -0.25) is 29.8 Å². The highest BCUT2D eigenvalue weighted by molar-refractivity contribution is 8.76. The van der Waals surface area contributed by atoms with Gasteiger partial charge in [0.05, 0.1) is 20.9 Å². The summed E-state index contributed by atoms with van der Waals surface area (Å²) in [6.45, 7) is 0. The van der Waals surface area contributed by atoms with Gasteiger partial charge in [0.15, 0.2) is 0 Å². The van der Waals surface area contributed by atoms with E-state index in [1.54, 1.807) is 48.5 Å². The van der Waals surface area contributed by atoms with Crippen LogP contribution in [0.15, 0.2) is 94.7 Å². The second-order valence-electron chi connectivity index (χ2n) is 8.63. The first-order chi connectivity index (χ1) is 20.3. The second-order valence-corrected chi connectivity index (χ2v) is 10.9. The van der Waals surface area contributed by atoms with Crippen molar-refractivity contribution < 1.29 is 19.4 Å². The minimum Gasteiger partial charge on any atom is -0.266 e. The number of aromatic nitrogens is 6. The number of fused-ring (bicyclic) bond motifs is 2. The zero-order valence-corrected chi connectivity index (χ0v) is 22.6. The molecule has 0 aliphatic rings. The molecule has 0 fully saturated rings. The van der Waals surface area contributed by atoms with Crippen LogP contribution in [0, 0.1) is 20.2 Å². The fraction of sp³-hybridized carbons (Fsp3) is 0. The zero-order chi connectivity index (χ0) is 29.4. The molecule has 0 amide bonds. The van der Waals surface area contributed by atoms with Crippen molar-refractivity contribution in [2.45, 2.75) is 9.79 Å². The summed E-state index contributed by atoms with van der Waals surface area (Å²) in [5.74, 6) is -1.46. The Labute approximate surface area is 242 Å². The Morgan fingerprint density at radius 3 is 1.43 bits per heavy atom. The van der Waals surface area contributed by atoms with Crippen molar-refractivity contribution in [2.24, 2.45) is 0 Å². The van der Waals surface area contributed by atoms with Crippen LogP contribution in [0.3, 0.4) is 0 Å². The van der Waals surface area contributed by atoms with Crippen molar-refractivity contribution in [1.29, 1.82) is 0 Å². The average Bonchev–Trinajstić information content (AvgIpc) is 3.64. The molecule has 0 atom stereocenters. The van der Waals surface area contributed by atoms with Gasteiger partial charge >= 0.3 is 0 Å². The Morgan fingerprint density at radius 1 is 0.619 bits per heavy atom. The predicted octanol–water partition coefficient (Wildman–Crippen LogP) is 5.17. The van der Waals surface area contributed by atoms with Crippen LogP contribution >= 0.6 is 21.6 Å². The van der Waals surface area contributed by atoms with E-state index in [9.17, 15) is 29.8 Å². The van der Waals surface area contributed by atoms with Crippen LogP contribution in [0.2, 0.25) is 0 Å². The van der Waals surface area contributed by atoms with E-state index in [1.807, 2.05) is 0 Å². The van der Waals surface area contributed by atoms with Crippen molar-refractivity contribution in [2.75, 3.05) is 0 Å². The average molecular weight is 599 g/mol. The Kier molecular flexibility index (Phi) is 6.89. The molecule has 0 spiro atoms. The van der Waals surface area contributed by atoms with Gasteiger partial charge in [-0.25, -0.2) is 0 Å². The van der Waals surface area contributed by atoms with Crippen LogP contribution < -0.4 is 0 Å². The van der Waals surface area contributed by atoms with Crippen LogP contribution in [0.1, 0.15) is 20.7 Å². The van der Waals surface area contributed by atoms with Gasteiger partial charge in [-0.1, -0.05) is 56.3 Å². The number of hydrogen-bond acceptors (Lipinski definition) is 12. The molecule has 42 heavy (non-hydrogen) atoms. The number of carbonyl (C=O) groups excluding carboxylic acids is 2. The molecule has 0 saturated carbocycles. The van der Waals surface area contributed by atoms with Crippen LogP contribution in [0.4, 0.5) is 11.4 Å². The lowest BCUT2D eigenvalue weighted by atomic mass is 10.1. The van der Waals surface area contributed by atoms with E-state index in [1.165, 1.54) is 36.4 Å². The smallest absolute Gasteiger partial charge is 0.266 e. The number of benzene rings is 4. The highest BCUT2D eigenvalue weighted by Gasteiger charge is 2.26. The van der Waals surface area contributed by atoms with E-state index < -0.39 is 33.0 Å². The van der Waals surface area contributed by atoms with E-state index in [0.717, 1.165) is 31.0 Å². The summed E-state index contributed by atoms with van der Waals surface area (Å²) < 4.78 is 2.00. The lowest BCUT2D eigenvalue weighted by molar-refractivity contribution is -0.385. The topological polar surface area (TPSA) is 182 Å². The van der Waals surface area contributed by atoms with Crippen molar-refractivity contribution >= 4 is 66.8 Å². The first-order valence-corrected chi connectivity index (χ1v) is 14.1. The molecule has 0 bridgehead atoms. The first kappa shape index (κ1) is 26.7. The number of nitro benzene ring substituents is 2. The number of nitro groups is 2. The zero-order valence-electron chi connectivity index (χ0n) is 20.9. The molecule has 2 aromatic heterocycles. The van der Waals surface area contributed by atoms with E-state index >= 15 is 0 Å². The number of carbonyl (C=O) groups is 2. The van der Waals surface area contributed by atoms with Crippen molar-refractivity contribution in [3.8, 4) is 0 Å². The molecule has 0 N–H and O–H groups in total. The van der Waals surface area contributed by atoms with E-state index in [2.05, 4.69) is 20.6 Å². The normalized spacial score (nSPS) is 11.1. The largest absolute Gasteiger partial charge is 0.287 e. The van der Waals surface area contributed by atoms with Gasteiger partial charge in [0.25, 0.3) is 23.2 Å². The minimum atomic E-state index is -0.730. The summed E-state index contributed by atoms with van der Waals surface area (Å²) in [6.07, 6.45) is 0. The Hall–Kier alpha value is -5.48. The SMILES string of the molecule is O=C(c1cc(SSc2ccc([N+](=O)[O-])c(C(=O)n3nnc4ccccc43)c2)ccc1[N+](=O)[O-])n1nnc2ccccc21. The number of para-hydroxylation sites is 2. The first-order valence-electron chi connectivity index (χ1n) is 11.9. The van der Waals surface area contributed by atoms with Crippen LogP contribution in [-0.4, -0.2) is 51.6 Å². The van der Waals surface area contributed by atoms with Gasteiger partial charge in [0.2, 0.25) is 0 Å². The molecular formula is C26H14N8O6S2. The predicted molar refractivity (Wildman–Crippen MR) is 152 cm³/mol. The molecule has 2 heterocycles. The Morgan fingerprint density at radius 2 is 1.02 bits per heavy atom. The van der Waals surface area contributed by atoms with E-state index in [0.29, 0.717) is 31.9 Å². The van der Waals surface area contributed by atoms with Crippen molar-refractivity contribution in [3.63, 3.8) is 0 Å². The van der Waals surface area contributed by atoms with Gasteiger partial charge in [-0.15, -0.1) is 10.2 Å². The Balaban J connectivity index is 1.30. The summed E-state index contributed by atoms with van der Waals surface area (Å²) in [4.78, 5) is 49.7. The quantitative estimate of drug-likeness (QED) is 0.134. The second kappa shape index (κ2) is 10.8. The van der Waals surface area contributed by atoms with Crippen LogP contribution in [-0.2, 0) is 0 Å². The van der Waals surface area contributed by atoms with Gasteiger partial charge < -0.3 is 0 Å². The van der Waals surface area contributed by atoms with Gasteiger partial charge in [0.1, 0.15) is 22.2 Å². The summed E-state index contributed by atoms with van der Waals surface area (Å²) in [6, 6.07) is 21.6. The third-order valence-electron chi connectivity index (χ3n) is 6.11.